The third kappa shape index (κ3) is 4.40. The molecule has 1 unspecified atom stereocenters. The van der Waals surface area contributed by atoms with Crippen molar-refractivity contribution in [2.45, 2.75) is 26.2 Å². The Morgan fingerprint density at radius 1 is 1.55 bits per heavy atom. The highest BCUT2D eigenvalue weighted by Crippen LogP contribution is 2.06. The minimum absolute atomic E-state index is 0.197. The van der Waals surface area contributed by atoms with Crippen LogP contribution < -0.4 is 0 Å². The van der Waals surface area contributed by atoms with E-state index >= 15 is 0 Å². The standard InChI is InChI=1S/C7H15NO2S/c1-5(2)8-6(11-4)7(9)10-3/h5,7,9H,1-4H3/b8-6-. The predicted octanol–water partition coefficient (Wildman–Crippen LogP) is 1.12. The van der Waals surface area contributed by atoms with E-state index in [-0.39, 0.29) is 6.04 Å². The average Bonchev–Trinajstić information content (AvgIpc) is 1.98. The molecular weight excluding hydrogens is 162 g/mol. The van der Waals surface area contributed by atoms with Crippen LogP contribution in [0.15, 0.2) is 4.99 Å². The van der Waals surface area contributed by atoms with Gasteiger partial charge < -0.3 is 9.84 Å². The molecule has 66 valence electrons. The molecule has 0 radical (unpaired) electrons. The number of aliphatic imine (C=N–C) groups is 1. The lowest BCUT2D eigenvalue weighted by Gasteiger charge is -2.10. The molecule has 0 saturated carbocycles. The van der Waals surface area contributed by atoms with Crippen molar-refractivity contribution in [3.63, 3.8) is 0 Å². The van der Waals surface area contributed by atoms with Gasteiger partial charge in [-0.25, -0.2) is 0 Å². The van der Waals surface area contributed by atoms with Gasteiger partial charge in [0.25, 0.3) is 0 Å². The van der Waals surface area contributed by atoms with Crippen molar-refractivity contribution in [1.82, 2.24) is 0 Å². The van der Waals surface area contributed by atoms with Crippen molar-refractivity contribution < 1.29 is 9.84 Å². The molecule has 0 spiro atoms. The van der Waals surface area contributed by atoms with Crippen LogP contribution in [-0.2, 0) is 4.74 Å². The van der Waals surface area contributed by atoms with E-state index in [9.17, 15) is 5.11 Å². The number of methoxy groups -OCH3 is 1. The maximum atomic E-state index is 9.19. The Hall–Kier alpha value is -0.0600. The summed E-state index contributed by atoms with van der Waals surface area (Å²) in [7, 11) is 1.46. The van der Waals surface area contributed by atoms with Crippen LogP contribution in [0.1, 0.15) is 13.8 Å². The zero-order valence-electron chi connectivity index (χ0n) is 7.37. The second kappa shape index (κ2) is 5.57. The molecule has 3 nitrogen and oxygen atoms in total. The smallest absolute Gasteiger partial charge is 0.204 e. The number of nitrogens with zero attached hydrogens (tertiary/aromatic N) is 1. The second-order valence-electron chi connectivity index (χ2n) is 2.35. The molecule has 11 heavy (non-hydrogen) atoms. The molecule has 0 bridgehead atoms. The van der Waals surface area contributed by atoms with E-state index in [1.165, 1.54) is 18.9 Å². The lowest BCUT2D eigenvalue weighted by Crippen LogP contribution is -2.20. The van der Waals surface area contributed by atoms with Crippen molar-refractivity contribution in [2.75, 3.05) is 13.4 Å². The van der Waals surface area contributed by atoms with Crippen LogP contribution in [0.2, 0.25) is 0 Å². The SMILES string of the molecule is COC(O)/C(=N/C(C)C)SC. The summed E-state index contributed by atoms with van der Waals surface area (Å²) in [6.45, 7) is 3.91. The topological polar surface area (TPSA) is 41.8 Å². The second-order valence-corrected chi connectivity index (χ2v) is 3.18. The van der Waals surface area contributed by atoms with Crippen LogP contribution in [0.5, 0.6) is 0 Å². The molecular formula is C7H15NO2S. The highest BCUT2D eigenvalue weighted by molar-refractivity contribution is 8.13. The Kier molecular flexibility index (Phi) is 5.54. The summed E-state index contributed by atoms with van der Waals surface area (Å²) in [6, 6.07) is 0.197. The highest BCUT2D eigenvalue weighted by atomic mass is 32.2. The van der Waals surface area contributed by atoms with Crippen molar-refractivity contribution in [3.8, 4) is 0 Å². The zero-order valence-corrected chi connectivity index (χ0v) is 8.18. The van der Waals surface area contributed by atoms with Crippen LogP contribution in [0.4, 0.5) is 0 Å². The van der Waals surface area contributed by atoms with Crippen LogP contribution in [0.25, 0.3) is 0 Å². The third-order valence-electron chi connectivity index (χ3n) is 1.03. The summed E-state index contributed by atoms with van der Waals surface area (Å²) in [5.74, 6) is 0. The Morgan fingerprint density at radius 3 is 2.36 bits per heavy atom. The number of hydrogen-bond donors (Lipinski definition) is 1. The molecule has 0 aromatic rings. The van der Waals surface area contributed by atoms with Crippen molar-refractivity contribution >= 4 is 16.8 Å². The summed E-state index contributed by atoms with van der Waals surface area (Å²) in [5, 5.41) is 9.82. The van der Waals surface area contributed by atoms with Gasteiger partial charge in [0.05, 0.1) is 0 Å². The van der Waals surface area contributed by atoms with Gasteiger partial charge in [0.15, 0.2) is 0 Å². The van der Waals surface area contributed by atoms with E-state index in [0.29, 0.717) is 5.04 Å². The van der Waals surface area contributed by atoms with Crippen LogP contribution in [-0.4, -0.2) is 35.8 Å². The molecule has 0 aromatic heterocycles. The first-order valence-corrected chi connectivity index (χ1v) is 4.66. The van der Waals surface area contributed by atoms with Crippen molar-refractivity contribution in [3.05, 3.63) is 0 Å². The van der Waals surface area contributed by atoms with Gasteiger partial charge >= 0.3 is 0 Å². The normalized spacial score (nSPS) is 15.6. The molecule has 0 aliphatic carbocycles. The molecule has 0 aromatic carbocycles. The number of aliphatic hydroxyl groups is 1. The fraction of sp³-hybridized carbons (Fsp3) is 0.857. The fourth-order valence-electron chi connectivity index (χ4n) is 0.573. The summed E-state index contributed by atoms with van der Waals surface area (Å²) >= 11 is 1.41. The number of thioether (sulfide) groups is 1. The van der Waals surface area contributed by atoms with Gasteiger partial charge in [0.2, 0.25) is 6.29 Å². The number of aliphatic hydroxyl groups excluding tert-OH is 1. The monoisotopic (exact) mass is 177 g/mol. The number of rotatable bonds is 3. The minimum Gasteiger partial charge on any atom is -0.363 e. The lowest BCUT2D eigenvalue weighted by atomic mass is 10.4. The summed E-state index contributed by atoms with van der Waals surface area (Å²) in [6.07, 6.45) is 0.996. The van der Waals surface area contributed by atoms with Gasteiger partial charge in [0.1, 0.15) is 5.04 Å². The Balaban J connectivity index is 4.14. The fourth-order valence-corrected chi connectivity index (χ4v) is 1.19. The van der Waals surface area contributed by atoms with Crippen LogP contribution in [0.3, 0.4) is 0 Å². The molecule has 4 heteroatoms. The molecule has 0 fully saturated rings. The Morgan fingerprint density at radius 2 is 2.09 bits per heavy atom. The molecule has 1 N–H and O–H groups in total. The molecule has 0 heterocycles. The molecule has 0 amide bonds. The first kappa shape index (κ1) is 10.9. The Bertz CT molecular complexity index is 136. The zero-order chi connectivity index (χ0) is 8.85. The third-order valence-corrected chi connectivity index (χ3v) is 1.75. The first-order chi connectivity index (χ1) is 5.11. The predicted molar refractivity (Wildman–Crippen MR) is 49.1 cm³/mol. The van der Waals surface area contributed by atoms with Gasteiger partial charge in [-0.1, -0.05) is 0 Å². The first-order valence-electron chi connectivity index (χ1n) is 3.44. The number of hydrogen-bond acceptors (Lipinski definition) is 4. The molecule has 1 atom stereocenters. The maximum Gasteiger partial charge on any atom is 0.204 e. The highest BCUT2D eigenvalue weighted by Gasteiger charge is 2.09. The van der Waals surface area contributed by atoms with E-state index in [0.717, 1.165) is 0 Å². The summed E-state index contributed by atoms with van der Waals surface area (Å²) in [5.41, 5.74) is 0. The van der Waals surface area contributed by atoms with Gasteiger partial charge in [-0.15, -0.1) is 11.8 Å². The quantitative estimate of drug-likeness (QED) is 0.399. The van der Waals surface area contributed by atoms with E-state index in [4.69, 9.17) is 4.74 Å². The molecule has 0 saturated heterocycles. The average molecular weight is 177 g/mol. The van der Waals surface area contributed by atoms with E-state index < -0.39 is 6.29 Å². The van der Waals surface area contributed by atoms with Crippen LogP contribution >= 0.6 is 11.8 Å². The lowest BCUT2D eigenvalue weighted by molar-refractivity contribution is -0.0177. The van der Waals surface area contributed by atoms with E-state index in [1.54, 1.807) is 0 Å². The van der Waals surface area contributed by atoms with Crippen molar-refractivity contribution in [2.24, 2.45) is 4.99 Å². The van der Waals surface area contributed by atoms with Crippen molar-refractivity contribution in [1.29, 1.82) is 0 Å². The number of ether oxygens (including phenoxy) is 1. The van der Waals surface area contributed by atoms with Gasteiger partial charge in [-0.05, 0) is 20.1 Å². The maximum absolute atomic E-state index is 9.19. The molecule has 0 aliphatic heterocycles. The largest absolute Gasteiger partial charge is 0.363 e. The summed E-state index contributed by atoms with van der Waals surface area (Å²) < 4.78 is 4.71. The Labute approximate surface area is 71.9 Å². The van der Waals surface area contributed by atoms with Gasteiger partial charge in [-0.2, -0.15) is 0 Å². The minimum atomic E-state index is -0.868. The molecule has 0 aliphatic rings. The van der Waals surface area contributed by atoms with Gasteiger partial charge in [-0.3, -0.25) is 4.99 Å². The summed E-state index contributed by atoms with van der Waals surface area (Å²) in [4.78, 5) is 4.17. The van der Waals surface area contributed by atoms with E-state index in [2.05, 4.69) is 4.99 Å². The molecule has 0 rings (SSSR count). The van der Waals surface area contributed by atoms with Crippen LogP contribution in [0, 0.1) is 0 Å². The van der Waals surface area contributed by atoms with Gasteiger partial charge in [0, 0.05) is 13.2 Å². The van der Waals surface area contributed by atoms with E-state index in [1.807, 2.05) is 20.1 Å².